The van der Waals surface area contributed by atoms with Crippen LogP contribution in [0.1, 0.15) is 29.5 Å². The molecule has 0 aromatic heterocycles. The van der Waals surface area contributed by atoms with E-state index < -0.39 is 0 Å². The zero-order valence-corrected chi connectivity index (χ0v) is 9.40. The van der Waals surface area contributed by atoms with Gasteiger partial charge in [-0.3, -0.25) is 0 Å². The van der Waals surface area contributed by atoms with E-state index >= 15 is 0 Å². The van der Waals surface area contributed by atoms with Crippen LogP contribution < -0.4 is 4.74 Å². The van der Waals surface area contributed by atoms with E-state index in [-0.39, 0.29) is 0 Å². The first kappa shape index (κ1) is 10.3. The smallest absolute Gasteiger partial charge is 0.155 e. The summed E-state index contributed by atoms with van der Waals surface area (Å²) in [5.74, 6) is 0.528. The lowest BCUT2D eigenvalue weighted by Crippen LogP contribution is -2.05. The highest BCUT2D eigenvalue weighted by Crippen LogP contribution is 2.37. The van der Waals surface area contributed by atoms with Crippen LogP contribution in [0.5, 0.6) is 5.75 Å². The fraction of sp³-hybridized carbons (Fsp3) is 0.417. The standard InChI is InChI=1S/C12H12ClNO/c1-15-12-9(7-14)6-8-4-2-3-5-10(8)11(12)13/h6H,2-5H2,1H3. The molecule has 15 heavy (non-hydrogen) atoms. The average molecular weight is 222 g/mol. The molecule has 0 radical (unpaired) electrons. The van der Waals surface area contributed by atoms with Crippen LogP contribution in [0, 0.1) is 11.3 Å². The maximum atomic E-state index is 8.99. The minimum Gasteiger partial charge on any atom is -0.494 e. The second-order valence-corrected chi connectivity index (χ2v) is 4.11. The van der Waals surface area contributed by atoms with Crippen molar-refractivity contribution in [3.63, 3.8) is 0 Å². The summed E-state index contributed by atoms with van der Waals surface area (Å²) in [5, 5.41) is 9.62. The summed E-state index contributed by atoms with van der Waals surface area (Å²) in [5.41, 5.74) is 2.92. The first-order chi connectivity index (χ1) is 7.27. The molecule has 1 aromatic rings. The number of ether oxygens (including phenoxy) is 1. The Bertz CT molecular complexity index is 434. The van der Waals surface area contributed by atoms with Crippen molar-refractivity contribution in [3.8, 4) is 11.8 Å². The van der Waals surface area contributed by atoms with Crippen molar-refractivity contribution in [2.45, 2.75) is 25.7 Å². The molecule has 0 aliphatic heterocycles. The Morgan fingerprint density at radius 3 is 2.80 bits per heavy atom. The Labute approximate surface area is 94.4 Å². The van der Waals surface area contributed by atoms with Crippen molar-refractivity contribution in [1.29, 1.82) is 5.26 Å². The van der Waals surface area contributed by atoms with Gasteiger partial charge >= 0.3 is 0 Å². The van der Waals surface area contributed by atoms with Crippen molar-refractivity contribution in [2.75, 3.05) is 7.11 Å². The number of nitrogens with zero attached hydrogens (tertiary/aromatic N) is 1. The van der Waals surface area contributed by atoms with Crippen LogP contribution in [0.3, 0.4) is 0 Å². The zero-order chi connectivity index (χ0) is 10.8. The number of fused-ring (bicyclic) bond motifs is 1. The molecule has 0 saturated heterocycles. The lowest BCUT2D eigenvalue weighted by atomic mass is 9.90. The third kappa shape index (κ3) is 1.68. The van der Waals surface area contributed by atoms with Gasteiger partial charge in [-0.25, -0.2) is 0 Å². The van der Waals surface area contributed by atoms with E-state index in [0.29, 0.717) is 16.3 Å². The summed E-state index contributed by atoms with van der Waals surface area (Å²) in [7, 11) is 1.55. The van der Waals surface area contributed by atoms with Crippen molar-refractivity contribution < 1.29 is 4.74 Å². The van der Waals surface area contributed by atoms with Crippen LogP contribution in [-0.4, -0.2) is 7.11 Å². The Kier molecular flexibility index (Phi) is 2.83. The van der Waals surface area contributed by atoms with Crippen LogP contribution in [0.15, 0.2) is 6.07 Å². The number of aryl methyl sites for hydroxylation is 1. The van der Waals surface area contributed by atoms with Gasteiger partial charge in [0.1, 0.15) is 6.07 Å². The molecule has 2 nitrogen and oxygen atoms in total. The molecule has 0 saturated carbocycles. The van der Waals surface area contributed by atoms with E-state index in [9.17, 15) is 0 Å². The van der Waals surface area contributed by atoms with E-state index in [0.717, 1.165) is 12.8 Å². The number of rotatable bonds is 1. The summed E-state index contributed by atoms with van der Waals surface area (Å²) in [6, 6.07) is 4.04. The lowest BCUT2D eigenvalue weighted by Gasteiger charge is -2.19. The van der Waals surface area contributed by atoms with Gasteiger partial charge in [0, 0.05) is 0 Å². The highest BCUT2D eigenvalue weighted by molar-refractivity contribution is 6.33. The van der Waals surface area contributed by atoms with Gasteiger partial charge in [0.2, 0.25) is 0 Å². The highest BCUT2D eigenvalue weighted by Gasteiger charge is 2.19. The molecular weight excluding hydrogens is 210 g/mol. The minimum atomic E-state index is 0.528. The molecule has 0 heterocycles. The van der Waals surface area contributed by atoms with Crippen LogP contribution >= 0.6 is 11.6 Å². The van der Waals surface area contributed by atoms with Crippen molar-refractivity contribution in [3.05, 3.63) is 27.8 Å². The summed E-state index contributed by atoms with van der Waals surface area (Å²) in [6.07, 6.45) is 4.37. The zero-order valence-electron chi connectivity index (χ0n) is 8.64. The first-order valence-electron chi connectivity index (χ1n) is 5.06. The monoisotopic (exact) mass is 221 g/mol. The van der Waals surface area contributed by atoms with Crippen molar-refractivity contribution in [2.24, 2.45) is 0 Å². The topological polar surface area (TPSA) is 33.0 Å². The third-order valence-electron chi connectivity index (χ3n) is 2.86. The molecule has 3 heteroatoms. The second kappa shape index (κ2) is 4.12. The minimum absolute atomic E-state index is 0.528. The quantitative estimate of drug-likeness (QED) is 0.730. The van der Waals surface area contributed by atoms with Crippen LogP contribution in [-0.2, 0) is 12.8 Å². The van der Waals surface area contributed by atoms with Gasteiger partial charge < -0.3 is 4.74 Å². The van der Waals surface area contributed by atoms with Gasteiger partial charge in [0.05, 0.1) is 17.7 Å². The fourth-order valence-corrected chi connectivity index (χ4v) is 2.51. The van der Waals surface area contributed by atoms with Crippen LogP contribution in [0.4, 0.5) is 0 Å². The van der Waals surface area contributed by atoms with Gasteiger partial charge in [0.15, 0.2) is 5.75 Å². The van der Waals surface area contributed by atoms with E-state index in [2.05, 4.69) is 6.07 Å². The third-order valence-corrected chi connectivity index (χ3v) is 3.26. The maximum absolute atomic E-state index is 8.99. The Morgan fingerprint density at radius 1 is 1.40 bits per heavy atom. The highest BCUT2D eigenvalue weighted by atomic mass is 35.5. The summed E-state index contributed by atoms with van der Waals surface area (Å²) in [4.78, 5) is 0. The lowest BCUT2D eigenvalue weighted by molar-refractivity contribution is 0.412. The SMILES string of the molecule is COc1c(C#N)cc2c(c1Cl)CCCC2. The van der Waals surface area contributed by atoms with Crippen LogP contribution in [0.25, 0.3) is 0 Å². The second-order valence-electron chi connectivity index (χ2n) is 3.73. The summed E-state index contributed by atoms with van der Waals surface area (Å²) < 4.78 is 5.18. The van der Waals surface area contributed by atoms with Crippen molar-refractivity contribution in [1.82, 2.24) is 0 Å². The molecule has 2 rings (SSSR count). The van der Waals surface area contributed by atoms with E-state index in [1.54, 1.807) is 7.11 Å². The molecule has 0 fully saturated rings. The first-order valence-corrected chi connectivity index (χ1v) is 5.44. The van der Waals surface area contributed by atoms with E-state index in [1.165, 1.54) is 24.0 Å². The van der Waals surface area contributed by atoms with Crippen molar-refractivity contribution >= 4 is 11.6 Å². The molecule has 1 aliphatic carbocycles. The molecule has 0 amide bonds. The number of hydrogen-bond donors (Lipinski definition) is 0. The number of methoxy groups -OCH3 is 1. The molecular formula is C12H12ClNO. The molecule has 0 N–H and O–H groups in total. The number of nitriles is 1. The number of halogens is 1. The molecule has 1 aliphatic rings. The molecule has 1 aromatic carbocycles. The Hall–Kier alpha value is -1.20. The van der Waals surface area contributed by atoms with Crippen LogP contribution in [0.2, 0.25) is 5.02 Å². The van der Waals surface area contributed by atoms with Gasteiger partial charge in [-0.2, -0.15) is 5.26 Å². The van der Waals surface area contributed by atoms with E-state index in [1.807, 2.05) is 6.07 Å². The fourth-order valence-electron chi connectivity index (χ4n) is 2.12. The van der Waals surface area contributed by atoms with Gasteiger partial charge in [-0.15, -0.1) is 0 Å². The molecule has 0 atom stereocenters. The largest absolute Gasteiger partial charge is 0.494 e. The normalized spacial score (nSPS) is 14.2. The predicted octanol–water partition coefficient (Wildman–Crippen LogP) is 3.10. The number of hydrogen-bond acceptors (Lipinski definition) is 2. The summed E-state index contributed by atoms with van der Waals surface area (Å²) >= 11 is 6.23. The van der Waals surface area contributed by atoms with Gasteiger partial charge in [0.25, 0.3) is 0 Å². The number of benzene rings is 1. The molecule has 0 spiro atoms. The molecule has 0 unspecified atom stereocenters. The maximum Gasteiger partial charge on any atom is 0.155 e. The average Bonchev–Trinajstić information content (AvgIpc) is 2.29. The van der Waals surface area contributed by atoms with Gasteiger partial charge in [-0.1, -0.05) is 11.6 Å². The molecule has 0 bridgehead atoms. The Balaban J connectivity index is 2.63. The predicted molar refractivity (Wildman–Crippen MR) is 59.4 cm³/mol. The van der Waals surface area contributed by atoms with E-state index in [4.69, 9.17) is 21.6 Å². The van der Waals surface area contributed by atoms with Gasteiger partial charge in [-0.05, 0) is 42.9 Å². The Morgan fingerprint density at radius 2 is 2.13 bits per heavy atom. The molecule has 78 valence electrons. The summed E-state index contributed by atoms with van der Waals surface area (Å²) in [6.45, 7) is 0.